The van der Waals surface area contributed by atoms with E-state index >= 15 is 0 Å². The first-order chi connectivity index (χ1) is 15.1. The number of furan rings is 1. The summed E-state index contributed by atoms with van der Waals surface area (Å²) in [4.78, 5) is 12.0. The summed E-state index contributed by atoms with van der Waals surface area (Å²) in [5, 5.41) is 0.926. The van der Waals surface area contributed by atoms with Crippen molar-refractivity contribution in [1.29, 1.82) is 0 Å². The second kappa shape index (κ2) is 9.64. The minimum absolute atomic E-state index is 0.129. The number of hydrogen-bond acceptors (Lipinski definition) is 6. The van der Waals surface area contributed by atoms with Crippen molar-refractivity contribution >= 4 is 32.9 Å². The van der Waals surface area contributed by atoms with Crippen LogP contribution in [0.1, 0.15) is 30.9 Å². The van der Waals surface area contributed by atoms with Gasteiger partial charge in [0.2, 0.25) is 0 Å². The Morgan fingerprint density at radius 1 is 1.13 bits per heavy atom. The first kappa shape index (κ1) is 21.6. The SMILES string of the molecule is CCOC(=O)Cc1ccc(OC)cc1OCc1coc2c(OCC3CC3)cc(Br)cc12. The molecule has 3 aromatic rings. The molecule has 0 aliphatic heterocycles. The summed E-state index contributed by atoms with van der Waals surface area (Å²) < 4.78 is 29.2. The lowest BCUT2D eigenvalue weighted by Gasteiger charge is -2.13. The van der Waals surface area contributed by atoms with Gasteiger partial charge in [-0.15, -0.1) is 0 Å². The van der Waals surface area contributed by atoms with Gasteiger partial charge in [-0.1, -0.05) is 22.0 Å². The van der Waals surface area contributed by atoms with E-state index in [-0.39, 0.29) is 19.0 Å². The van der Waals surface area contributed by atoms with E-state index in [0.717, 1.165) is 26.7 Å². The second-order valence-corrected chi connectivity index (χ2v) is 8.46. The van der Waals surface area contributed by atoms with Crippen molar-refractivity contribution in [2.45, 2.75) is 32.8 Å². The molecule has 1 aliphatic carbocycles. The molecule has 0 bridgehead atoms. The zero-order valence-electron chi connectivity index (χ0n) is 17.6. The maximum atomic E-state index is 12.0. The highest BCUT2D eigenvalue weighted by atomic mass is 79.9. The van der Waals surface area contributed by atoms with E-state index in [1.54, 1.807) is 32.4 Å². The molecule has 1 saturated carbocycles. The summed E-state index contributed by atoms with van der Waals surface area (Å²) in [5.41, 5.74) is 2.33. The number of rotatable bonds is 10. The lowest BCUT2D eigenvalue weighted by molar-refractivity contribution is -0.142. The Hall–Kier alpha value is -2.67. The maximum Gasteiger partial charge on any atom is 0.310 e. The lowest BCUT2D eigenvalue weighted by Crippen LogP contribution is -2.09. The maximum absolute atomic E-state index is 12.0. The minimum atomic E-state index is -0.298. The molecular formula is C24H25BrO6. The largest absolute Gasteiger partial charge is 0.497 e. The molecule has 0 N–H and O–H groups in total. The van der Waals surface area contributed by atoms with Crippen molar-refractivity contribution in [1.82, 2.24) is 0 Å². The van der Waals surface area contributed by atoms with Gasteiger partial charge < -0.3 is 23.4 Å². The molecule has 7 heteroatoms. The van der Waals surface area contributed by atoms with Gasteiger partial charge in [0.1, 0.15) is 18.1 Å². The Labute approximate surface area is 189 Å². The predicted molar refractivity (Wildman–Crippen MR) is 120 cm³/mol. The molecule has 4 rings (SSSR count). The molecule has 2 aromatic carbocycles. The van der Waals surface area contributed by atoms with Crippen LogP contribution in [0.25, 0.3) is 11.0 Å². The summed E-state index contributed by atoms with van der Waals surface area (Å²) >= 11 is 3.56. The molecule has 0 radical (unpaired) electrons. The van der Waals surface area contributed by atoms with Gasteiger partial charge in [-0.2, -0.15) is 0 Å². The van der Waals surface area contributed by atoms with E-state index in [2.05, 4.69) is 15.9 Å². The number of carbonyl (C=O) groups is 1. The van der Waals surface area contributed by atoms with Crippen LogP contribution in [0.5, 0.6) is 17.2 Å². The molecule has 1 fully saturated rings. The number of benzene rings is 2. The Morgan fingerprint density at radius 2 is 1.97 bits per heavy atom. The van der Waals surface area contributed by atoms with Gasteiger partial charge in [-0.3, -0.25) is 4.79 Å². The van der Waals surface area contributed by atoms with Gasteiger partial charge in [0.25, 0.3) is 0 Å². The summed E-state index contributed by atoms with van der Waals surface area (Å²) in [5.74, 6) is 2.30. The van der Waals surface area contributed by atoms with Crippen molar-refractivity contribution in [3.63, 3.8) is 0 Å². The third kappa shape index (κ3) is 5.34. The van der Waals surface area contributed by atoms with Crippen molar-refractivity contribution in [2.75, 3.05) is 20.3 Å². The van der Waals surface area contributed by atoms with E-state index in [9.17, 15) is 4.79 Å². The van der Waals surface area contributed by atoms with Gasteiger partial charge in [0, 0.05) is 27.1 Å². The van der Waals surface area contributed by atoms with Gasteiger partial charge >= 0.3 is 5.97 Å². The molecule has 0 spiro atoms. The van der Waals surface area contributed by atoms with Crippen molar-refractivity contribution in [2.24, 2.45) is 5.92 Å². The fraction of sp³-hybridized carbons (Fsp3) is 0.375. The van der Waals surface area contributed by atoms with Gasteiger partial charge in [0.05, 0.1) is 33.0 Å². The van der Waals surface area contributed by atoms with Crippen LogP contribution in [-0.2, 0) is 22.6 Å². The van der Waals surface area contributed by atoms with Crippen LogP contribution in [0.15, 0.2) is 45.5 Å². The first-order valence-electron chi connectivity index (χ1n) is 10.3. The van der Waals surface area contributed by atoms with E-state index in [1.807, 2.05) is 18.2 Å². The Morgan fingerprint density at radius 3 is 2.71 bits per heavy atom. The van der Waals surface area contributed by atoms with Crippen LogP contribution in [-0.4, -0.2) is 26.3 Å². The van der Waals surface area contributed by atoms with Crippen LogP contribution >= 0.6 is 15.9 Å². The number of ether oxygens (including phenoxy) is 4. The number of fused-ring (bicyclic) bond motifs is 1. The smallest absolute Gasteiger partial charge is 0.310 e. The number of methoxy groups -OCH3 is 1. The fourth-order valence-corrected chi connectivity index (χ4v) is 3.74. The third-order valence-corrected chi connectivity index (χ3v) is 5.61. The van der Waals surface area contributed by atoms with Gasteiger partial charge in [-0.25, -0.2) is 0 Å². The van der Waals surface area contributed by atoms with Crippen LogP contribution in [0, 0.1) is 5.92 Å². The first-order valence-corrected chi connectivity index (χ1v) is 11.1. The zero-order valence-corrected chi connectivity index (χ0v) is 19.2. The van der Waals surface area contributed by atoms with Crippen molar-refractivity contribution < 1.29 is 28.2 Å². The quantitative estimate of drug-likeness (QED) is 0.342. The lowest BCUT2D eigenvalue weighted by atomic mass is 10.1. The predicted octanol–water partition coefficient (Wildman–Crippen LogP) is 5.68. The van der Waals surface area contributed by atoms with Gasteiger partial charge in [0.15, 0.2) is 11.3 Å². The molecule has 0 unspecified atom stereocenters. The minimum Gasteiger partial charge on any atom is -0.497 e. The van der Waals surface area contributed by atoms with Crippen LogP contribution in [0.4, 0.5) is 0 Å². The fourth-order valence-electron chi connectivity index (χ4n) is 3.30. The van der Waals surface area contributed by atoms with E-state index < -0.39 is 0 Å². The molecular weight excluding hydrogens is 464 g/mol. The Balaban J connectivity index is 1.55. The summed E-state index contributed by atoms with van der Waals surface area (Å²) in [6.07, 6.45) is 4.27. The summed E-state index contributed by atoms with van der Waals surface area (Å²) in [6, 6.07) is 9.32. The molecule has 0 saturated heterocycles. The average Bonchev–Trinajstić information content (AvgIpc) is 3.50. The van der Waals surface area contributed by atoms with E-state index in [1.165, 1.54) is 12.8 Å². The standard InChI is InChI=1S/C24H25BrO6/c1-3-28-23(26)8-16-6-7-19(27-2)11-21(16)30-13-17-14-31-24-20(17)9-18(25)10-22(24)29-12-15-4-5-15/h6-7,9-11,14-15H,3-5,8,12-13H2,1-2H3. The molecule has 1 aromatic heterocycles. The molecule has 0 atom stereocenters. The normalized spacial score (nSPS) is 13.3. The molecule has 0 amide bonds. The van der Waals surface area contributed by atoms with Crippen molar-refractivity contribution in [3.05, 3.63) is 52.2 Å². The number of esters is 1. The van der Waals surface area contributed by atoms with Gasteiger partial charge in [-0.05, 0) is 43.9 Å². The number of carbonyl (C=O) groups excluding carboxylic acids is 1. The van der Waals surface area contributed by atoms with E-state index in [4.69, 9.17) is 23.4 Å². The summed E-state index contributed by atoms with van der Waals surface area (Å²) in [6.45, 7) is 3.11. The Kier molecular flexibility index (Phi) is 6.70. The molecule has 164 valence electrons. The highest BCUT2D eigenvalue weighted by Crippen LogP contribution is 2.36. The molecule has 6 nitrogen and oxygen atoms in total. The van der Waals surface area contributed by atoms with Crippen LogP contribution in [0.3, 0.4) is 0 Å². The number of hydrogen-bond donors (Lipinski definition) is 0. The number of halogens is 1. The highest BCUT2D eigenvalue weighted by Gasteiger charge is 2.23. The Bertz CT molecular complexity index is 1070. The molecule has 1 aliphatic rings. The second-order valence-electron chi connectivity index (χ2n) is 7.54. The molecule has 1 heterocycles. The van der Waals surface area contributed by atoms with Crippen LogP contribution < -0.4 is 14.2 Å². The zero-order chi connectivity index (χ0) is 21.8. The van der Waals surface area contributed by atoms with Crippen molar-refractivity contribution in [3.8, 4) is 17.2 Å². The topological polar surface area (TPSA) is 67.1 Å². The van der Waals surface area contributed by atoms with E-state index in [0.29, 0.717) is 36.2 Å². The van der Waals surface area contributed by atoms with Crippen LogP contribution in [0.2, 0.25) is 0 Å². The summed E-state index contributed by atoms with van der Waals surface area (Å²) in [7, 11) is 1.59. The highest BCUT2D eigenvalue weighted by molar-refractivity contribution is 9.10. The molecule has 31 heavy (non-hydrogen) atoms. The average molecular weight is 489 g/mol. The third-order valence-electron chi connectivity index (χ3n) is 5.15. The monoisotopic (exact) mass is 488 g/mol.